The Morgan fingerprint density at radius 2 is 2.14 bits per heavy atom. The molecule has 0 radical (unpaired) electrons. The molecule has 3 N–H and O–H groups in total. The summed E-state index contributed by atoms with van der Waals surface area (Å²) in [6, 6.07) is 0. The van der Waals surface area contributed by atoms with Crippen molar-refractivity contribution in [2.45, 2.75) is 64.1 Å². The molecule has 126 valence electrons. The van der Waals surface area contributed by atoms with Gasteiger partial charge in [0.05, 0.1) is 12.5 Å². The number of amides is 1. The van der Waals surface area contributed by atoms with Crippen molar-refractivity contribution in [3.05, 3.63) is 11.6 Å². The molecule has 1 saturated carbocycles. The second kappa shape index (κ2) is 7.62. The lowest BCUT2D eigenvalue weighted by Gasteiger charge is -2.37. The molecule has 0 saturated heterocycles. The third-order valence-corrected chi connectivity index (χ3v) is 4.68. The number of halogens is 2. The van der Waals surface area contributed by atoms with Gasteiger partial charge in [0.15, 0.2) is 5.82 Å². The summed E-state index contributed by atoms with van der Waals surface area (Å²) in [6.07, 6.45) is 6.13. The first kappa shape index (κ1) is 19.2. The summed E-state index contributed by atoms with van der Waals surface area (Å²) in [4.78, 5) is 12.4. The van der Waals surface area contributed by atoms with Crippen LogP contribution >= 0.6 is 24.8 Å². The van der Waals surface area contributed by atoms with Crippen LogP contribution in [0.2, 0.25) is 0 Å². The largest absolute Gasteiger partial charge is 0.348 e. The van der Waals surface area contributed by atoms with Crippen molar-refractivity contribution in [1.29, 1.82) is 0 Å². The SMILES string of the molecule is CC1(N)CCCCC1C(=O)NCc1nnc2n1CCC2.Cl.Cl. The minimum Gasteiger partial charge on any atom is -0.348 e. The predicted octanol–water partition coefficient (Wildman–Crippen LogP) is 1.59. The van der Waals surface area contributed by atoms with Crippen LogP contribution in [0, 0.1) is 5.92 Å². The molecule has 3 rings (SSSR count). The molecule has 0 aromatic carbocycles. The molecule has 2 unspecified atom stereocenters. The molecule has 8 heteroatoms. The zero-order valence-corrected chi connectivity index (χ0v) is 14.5. The molecular formula is C14H25Cl2N5O. The van der Waals surface area contributed by atoms with E-state index in [0.717, 1.165) is 56.7 Å². The first-order valence-electron chi connectivity index (χ1n) is 7.55. The lowest BCUT2D eigenvalue weighted by atomic mass is 9.74. The van der Waals surface area contributed by atoms with Gasteiger partial charge in [-0.15, -0.1) is 35.0 Å². The van der Waals surface area contributed by atoms with E-state index in [-0.39, 0.29) is 42.2 Å². The Morgan fingerprint density at radius 3 is 2.86 bits per heavy atom. The fraction of sp³-hybridized carbons (Fsp3) is 0.786. The van der Waals surface area contributed by atoms with E-state index in [1.807, 2.05) is 6.92 Å². The van der Waals surface area contributed by atoms with Crippen molar-refractivity contribution in [2.24, 2.45) is 11.7 Å². The van der Waals surface area contributed by atoms with Gasteiger partial charge in [0.1, 0.15) is 5.82 Å². The van der Waals surface area contributed by atoms with Crippen LogP contribution in [0.25, 0.3) is 0 Å². The molecule has 1 amide bonds. The van der Waals surface area contributed by atoms with Gasteiger partial charge in [-0.2, -0.15) is 0 Å². The van der Waals surface area contributed by atoms with E-state index in [1.165, 1.54) is 0 Å². The number of hydrogen-bond acceptors (Lipinski definition) is 4. The summed E-state index contributed by atoms with van der Waals surface area (Å²) in [5.41, 5.74) is 5.89. The van der Waals surface area contributed by atoms with Gasteiger partial charge in [-0.05, 0) is 26.2 Å². The fourth-order valence-corrected chi connectivity index (χ4v) is 3.42. The molecule has 2 aliphatic rings. The number of nitrogens with two attached hydrogens (primary N) is 1. The van der Waals surface area contributed by atoms with Crippen molar-refractivity contribution in [1.82, 2.24) is 20.1 Å². The van der Waals surface area contributed by atoms with Crippen LogP contribution in [0.4, 0.5) is 0 Å². The fourth-order valence-electron chi connectivity index (χ4n) is 3.42. The van der Waals surface area contributed by atoms with Gasteiger partial charge in [0, 0.05) is 18.5 Å². The van der Waals surface area contributed by atoms with Crippen LogP contribution in [-0.2, 0) is 24.3 Å². The summed E-state index contributed by atoms with van der Waals surface area (Å²) >= 11 is 0. The Balaban J connectivity index is 0.00000121. The molecule has 2 heterocycles. The first-order valence-corrected chi connectivity index (χ1v) is 7.55. The van der Waals surface area contributed by atoms with E-state index in [9.17, 15) is 4.79 Å². The van der Waals surface area contributed by atoms with E-state index in [0.29, 0.717) is 6.54 Å². The molecular weight excluding hydrogens is 325 g/mol. The maximum absolute atomic E-state index is 12.4. The number of rotatable bonds is 3. The summed E-state index contributed by atoms with van der Waals surface area (Å²) < 4.78 is 2.11. The zero-order chi connectivity index (χ0) is 14.2. The lowest BCUT2D eigenvalue weighted by Crippen LogP contribution is -2.52. The number of carbonyl (C=O) groups is 1. The number of aryl methyl sites for hydroxylation is 1. The van der Waals surface area contributed by atoms with Crippen molar-refractivity contribution in [3.63, 3.8) is 0 Å². The van der Waals surface area contributed by atoms with Crippen LogP contribution < -0.4 is 11.1 Å². The molecule has 1 aromatic rings. The van der Waals surface area contributed by atoms with Gasteiger partial charge in [-0.25, -0.2) is 0 Å². The Bertz CT molecular complexity index is 517. The zero-order valence-electron chi connectivity index (χ0n) is 12.9. The average Bonchev–Trinajstić information content (AvgIpc) is 2.98. The van der Waals surface area contributed by atoms with Crippen molar-refractivity contribution < 1.29 is 4.79 Å². The van der Waals surface area contributed by atoms with Crippen LogP contribution in [-0.4, -0.2) is 26.2 Å². The second-order valence-corrected chi connectivity index (χ2v) is 6.31. The Hall–Kier alpha value is -0.850. The maximum Gasteiger partial charge on any atom is 0.225 e. The number of nitrogens with one attached hydrogen (secondary N) is 1. The molecule has 0 spiro atoms. The molecule has 6 nitrogen and oxygen atoms in total. The standard InChI is InChI=1S/C14H23N5O.2ClH/c1-14(15)7-3-2-5-10(14)13(20)16-9-12-18-17-11-6-4-8-19(11)12;;/h10H,2-9,15H2,1H3,(H,16,20);2*1H. The maximum atomic E-state index is 12.4. The molecule has 1 aliphatic heterocycles. The predicted molar refractivity (Wildman–Crippen MR) is 89.2 cm³/mol. The molecule has 2 atom stereocenters. The quantitative estimate of drug-likeness (QED) is 0.867. The normalized spacial score (nSPS) is 26.5. The summed E-state index contributed by atoms with van der Waals surface area (Å²) in [7, 11) is 0. The van der Waals surface area contributed by atoms with E-state index < -0.39 is 0 Å². The van der Waals surface area contributed by atoms with Crippen LogP contribution in [0.5, 0.6) is 0 Å². The highest BCUT2D eigenvalue weighted by molar-refractivity contribution is 5.85. The number of hydrogen-bond donors (Lipinski definition) is 2. The number of fused-ring (bicyclic) bond motifs is 1. The summed E-state index contributed by atoms with van der Waals surface area (Å²) in [5, 5.41) is 11.3. The molecule has 1 aromatic heterocycles. The molecule has 1 fully saturated rings. The molecule has 0 bridgehead atoms. The number of aromatic nitrogens is 3. The minimum absolute atomic E-state index is 0. The van der Waals surface area contributed by atoms with Crippen molar-refractivity contribution in [2.75, 3.05) is 0 Å². The third-order valence-electron chi connectivity index (χ3n) is 4.68. The van der Waals surface area contributed by atoms with Crippen LogP contribution in [0.1, 0.15) is 50.7 Å². The second-order valence-electron chi connectivity index (χ2n) is 6.31. The Kier molecular flexibility index (Phi) is 6.65. The van der Waals surface area contributed by atoms with Gasteiger partial charge < -0.3 is 15.6 Å². The van der Waals surface area contributed by atoms with Crippen LogP contribution in [0.3, 0.4) is 0 Å². The number of nitrogens with zero attached hydrogens (tertiary/aromatic N) is 3. The Morgan fingerprint density at radius 1 is 1.36 bits per heavy atom. The van der Waals surface area contributed by atoms with Gasteiger partial charge in [0.25, 0.3) is 0 Å². The molecule has 22 heavy (non-hydrogen) atoms. The van der Waals surface area contributed by atoms with E-state index in [1.54, 1.807) is 0 Å². The van der Waals surface area contributed by atoms with E-state index in [4.69, 9.17) is 5.73 Å². The van der Waals surface area contributed by atoms with E-state index in [2.05, 4.69) is 20.1 Å². The van der Waals surface area contributed by atoms with Crippen molar-refractivity contribution in [3.8, 4) is 0 Å². The highest BCUT2D eigenvalue weighted by atomic mass is 35.5. The minimum atomic E-state index is -0.380. The first-order chi connectivity index (χ1) is 9.58. The smallest absolute Gasteiger partial charge is 0.225 e. The van der Waals surface area contributed by atoms with Gasteiger partial charge in [-0.3, -0.25) is 4.79 Å². The van der Waals surface area contributed by atoms with Crippen LogP contribution in [0.15, 0.2) is 0 Å². The van der Waals surface area contributed by atoms with Gasteiger partial charge >= 0.3 is 0 Å². The highest BCUT2D eigenvalue weighted by Gasteiger charge is 2.37. The highest BCUT2D eigenvalue weighted by Crippen LogP contribution is 2.31. The third kappa shape index (κ3) is 3.73. The monoisotopic (exact) mass is 349 g/mol. The summed E-state index contributed by atoms with van der Waals surface area (Å²) in [5.74, 6) is 1.87. The van der Waals surface area contributed by atoms with Crippen molar-refractivity contribution >= 4 is 30.7 Å². The summed E-state index contributed by atoms with van der Waals surface area (Å²) in [6.45, 7) is 3.41. The Labute approximate surface area is 143 Å². The number of carbonyl (C=O) groups excluding carboxylic acids is 1. The lowest BCUT2D eigenvalue weighted by molar-refractivity contribution is -0.128. The molecule has 1 aliphatic carbocycles. The van der Waals surface area contributed by atoms with Gasteiger partial charge in [0.2, 0.25) is 5.91 Å². The average molecular weight is 350 g/mol. The van der Waals surface area contributed by atoms with Gasteiger partial charge in [-0.1, -0.05) is 12.8 Å². The van der Waals surface area contributed by atoms with E-state index >= 15 is 0 Å². The topological polar surface area (TPSA) is 85.8 Å².